The molecule has 0 aromatic heterocycles. The third kappa shape index (κ3) is 3.43. The van der Waals surface area contributed by atoms with E-state index < -0.39 is 0 Å². The first-order valence-electron chi connectivity index (χ1n) is 4.77. The SMILES string of the molecule is CCc1ccc(C=CCNC)cc1. The molecule has 0 radical (unpaired) electrons. The van der Waals surface area contributed by atoms with E-state index in [1.807, 2.05) is 7.05 Å². The third-order valence-electron chi connectivity index (χ3n) is 2.02. The van der Waals surface area contributed by atoms with Gasteiger partial charge in [-0.25, -0.2) is 0 Å². The van der Waals surface area contributed by atoms with E-state index in [1.165, 1.54) is 11.1 Å². The molecule has 0 heterocycles. The van der Waals surface area contributed by atoms with E-state index in [0.29, 0.717) is 0 Å². The molecule has 1 rings (SSSR count). The van der Waals surface area contributed by atoms with E-state index in [-0.39, 0.29) is 0 Å². The van der Waals surface area contributed by atoms with Gasteiger partial charge in [-0.1, -0.05) is 43.3 Å². The highest BCUT2D eigenvalue weighted by atomic mass is 14.8. The molecule has 1 N–H and O–H groups in total. The van der Waals surface area contributed by atoms with Gasteiger partial charge in [0.1, 0.15) is 0 Å². The third-order valence-corrected chi connectivity index (χ3v) is 2.02. The summed E-state index contributed by atoms with van der Waals surface area (Å²) in [5.41, 5.74) is 2.67. The van der Waals surface area contributed by atoms with Crippen LogP contribution in [0, 0.1) is 0 Å². The summed E-state index contributed by atoms with van der Waals surface area (Å²) in [5.74, 6) is 0. The Bertz CT molecular complexity index is 259. The van der Waals surface area contributed by atoms with Crippen molar-refractivity contribution in [2.75, 3.05) is 13.6 Å². The summed E-state index contributed by atoms with van der Waals surface area (Å²) < 4.78 is 0. The standard InChI is InChI=1S/C12H17N/c1-3-11-6-8-12(9-7-11)5-4-10-13-2/h4-9,13H,3,10H2,1-2H3. The number of hydrogen-bond donors (Lipinski definition) is 1. The number of benzene rings is 1. The lowest BCUT2D eigenvalue weighted by atomic mass is 10.1. The van der Waals surface area contributed by atoms with E-state index in [1.54, 1.807) is 0 Å². The highest BCUT2D eigenvalue weighted by Crippen LogP contribution is 2.06. The molecule has 1 aromatic carbocycles. The first-order valence-corrected chi connectivity index (χ1v) is 4.77. The number of aryl methyl sites for hydroxylation is 1. The van der Waals surface area contributed by atoms with E-state index in [9.17, 15) is 0 Å². The highest BCUT2D eigenvalue weighted by molar-refractivity contribution is 5.49. The molecule has 70 valence electrons. The minimum absolute atomic E-state index is 0.926. The van der Waals surface area contributed by atoms with Crippen molar-refractivity contribution in [3.8, 4) is 0 Å². The number of likely N-dealkylation sites (N-methyl/N-ethyl adjacent to an activating group) is 1. The zero-order valence-corrected chi connectivity index (χ0v) is 8.38. The average Bonchev–Trinajstić information content (AvgIpc) is 2.19. The van der Waals surface area contributed by atoms with Crippen LogP contribution in [-0.2, 0) is 6.42 Å². The monoisotopic (exact) mass is 175 g/mol. The van der Waals surface area contributed by atoms with Crippen molar-refractivity contribution >= 4 is 6.08 Å². The molecule has 13 heavy (non-hydrogen) atoms. The van der Waals surface area contributed by atoms with Gasteiger partial charge in [0.25, 0.3) is 0 Å². The second-order valence-electron chi connectivity index (χ2n) is 3.06. The van der Waals surface area contributed by atoms with Crippen molar-refractivity contribution in [2.24, 2.45) is 0 Å². The van der Waals surface area contributed by atoms with Crippen LogP contribution in [0.1, 0.15) is 18.1 Å². The molecule has 1 aromatic rings. The van der Waals surface area contributed by atoms with E-state index in [2.05, 4.69) is 48.7 Å². The Morgan fingerprint density at radius 2 is 1.92 bits per heavy atom. The maximum absolute atomic E-state index is 3.07. The van der Waals surface area contributed by atoms with Crippen molar-refractivity contribution in [3.05, 3.63) is 41.5 Å². The van der Waals surface area contributed by atoms with Gasteiger partial charge >= 0.3 is 0 Å². The molecule has 0 aliphatic rings. The van der Waals surface area contributed by atoms with Crippen LogP contribution in [-0.4, -0.2) is 13.6 Å². The first-order chi connectivity index (χ1) is 6.36. The molecule has 0 saturated heterocycles. The van der Waals surface area contributed by atoms with Gasteiger partial charge in [0, 0.05) is 6.54 Å². The highest BCUT2D eigenvalue weighted by Gasteiger charge is 1.87. The Morgan fingerprint density at radius 3 is 2.46 bits per heavy atom. The Balaban J connectivity index is 2.58. The van der Waals surface area contributed by atoms with Crippen LogP contribution < -0.4 is 5.32 Å². The van der Waals surface area contributed by atoms with Gasteiger partial charge in [-0.2, -0.15) is 0 Å². The van der Waals surface area contributed by atoms with Crippen LogP contribution in [0.2, 0.25) is 0 Å². The molecule has 0 atom stereocenters. The predicted octanol–water partition coefficient (Wildman–Crippen LogP) is 2.48. The van der Waals surface area contributed by atoms with Crippen molar-refractivity contribution in [1.29, 1.82) is 0 Å². The number of nitrogens with one attached hydrogen (secondary N) is 1. The molecule has 0 aliphatic heterocycles. The zero-order valence-electron chi connectivity index (χ0n) is 8.38. The molecule has 0 spiro atoms. The molecule has 0 amide bonds. The number of rotatable bonds is 4. The van der Waals surface area contributed by atoms with Gasteiger partial charge in [0.15, 0.2) is 0 Å². The van der Waals surface area contributed by atoms with E-state index >= 15 is 0 Å². The van der Waals surface area contributed by atoms with Gasteiger partial charge in [-0.3, -0.25) is 0 Å². The minimum atomic E-state index is 0.926. The summed E-state index contributed by atoms with van der Waals surface area (Å²) in [4.78, 5) is 0. The molecule has 1 nitrogen and oxygen atoms in total. The number of hydrogen-bond acceptors (Lipinski definition) is 1. The Hall–Kier alpha value is -1.08. The van der Waals surface area contributed by atoms with Crippen LogP contribution >= 0.6 is 0 Å². The Morgan fingerprint density at radius 1 is 1.23 bits per heavy atom. The van der Waals surface area contributed by atoms with Crippen LogP contribution in [0.3, 0.4) is 0 Å². The van der Waals surface area contributed by atoms with Crippen molar-refractivity contribution < 1.29 is 0 Å². The zero-order chi connectivity index (χ0) is 9.52. The molecule has 0 bridgehead atoms. The molecule has 0 aliphatic carbocycles. The quantitative estimate of drug-likeness (QED) is 0.741. The van der Waals surface area contributed by atoms with Gasteiger partial charge < -0.3 is 5.32 Å². The first kappa shape index (κ1) is 10.0. The molecular weight excluding hydrogens is 158 g/mol. The summed E-state index contributed by atoms with van der Waals surface area (Å²) in [7, 11) is 1.95. The molecule has 0 unspecified atom stereocenters. The molecule has 0 saturated carbocycles. The van der Waals surface area contributed by atoms with Crippen LogP contribution in [0.4, 0.5) is 0 Å². The van der Waals surface area contributed by atoms with E-state index in [4.69, 9.17) is 0 Å². The second-order valence-corrected chi connectivity index (χ2v) is 3.06. The summed E-state index contributed by atoms with van der Waals surface area (Å²) in [6.07, 6.45) is 5.37. The van der Waals surface area contributed by atoms with Crippen LogP contribution in [0.15, 0.2) is 30.3 Å². The largest absolute Gasteiger partial charge is 0.316 e. The summed E-state index contributed by atoms with van der Waals surface area (Å²) in [6.45, 7) is 3.10. The Labute approximate surface area is 80.5 Å². The van der Waals surface area contributed by atoms with Crippen LogP contribution in [0.25, 0.3) is 6.08 Å². The van der Waals surface area contributed by atoms with Crippen molar-refractivity contribution in [3.63, 3.8) is 0 Å². The molecular formula is C12H17N. The topological polar surface area (TPSA) is 12.0 Å². The van der Waals surface area contributed by atoms with Gasteiger partial charge in [-0.15, -0.1) is 0 Å². The van der Waals surface area contributed by atoms with Crippen molar-refractivity contribution in [2.45, 2.75) is 13.3 Å². The Kier molecular flexibility index (Phi) is 4.27. The second kappa shape index (κ2) is 5.55. The maximum atomic E-state index is 3.07. The lowest BCUT2D eigenvalue weighted by Crippen LogP contribution is -2.03. The predicted molar refractivity (Wildman–Crippen MR) is 58.8 cm³/mol. The van der Waals surface area contributed by atoms with Crippen LogP contribution in [0.5, 0.6) is 0 Å². The fourth-order valence-electron chi connectivity index (χ4n) is 1.18. The van der Waals surface area contributed by atoms with Gasteiger partial charge in [-0.05, 0) is 24.6 Å². The molecule has 0 fully saturated rings. The smallest absolute Gasteiger partial charge is 0.0135 e. The van der Waals surface area contributed by atoms with E-state index in [0.717, 1.165) is 13.0 Å². The lowest BCUT2D eigenvalue weighted by Gasteiger charge is -1.97. The van der Waals surface area contributed by atoms with Crippen molar-refractivity contribution in [1.82, 2.24) is 5.32 Å². The fourth-order valence-corrected chi connectivity index (χ4v) is 1.18. The summed E-state index contributed by atoms with van der Waals surface area (Å²) in [6, 6.07) is 8.67. The summed E-state index contributed by atoms with van der Waals surface area (Å²) in [5, 5.41) is 3.07. The molecule has 1 heteroatoms. The lowest BCUT2D eigenvalue weighted by molar-refractivity contribution is 0.922. The summed E-state index contributed by atoms with van der Waals surface area (Å²) >= 11 is 0. The fraction of sp³-hybridized carbons (Fsp3) is 0.333. The van der Waals surface area contributed by atoms with Gasteiger partial charge in [0.2, 0.25) is 0 Å². The minimum Gasteiger partial charge on any atom is -0.316 e. The average molecular weight is 175 g/mol. The maximum Gasteiger partial charge on any atom is 0.0135 e. The van der Waals surface area contributed by atoms with Gasteiger partial charge in [0.05, 0.1) is 0 Å². The normalized spacial score (nSPS) is 10.9.